The zero-order valence-electron chi connectivity index (χ0n) is 9.81. The van der Waals surface area contributed by atoms with Crippen LogP contribution in [0.3, 0.4) is 0 Å². The van der Waals surface area contributed by atoms with Crippen molar-refractivity contribution >= 4 is 22.4 Å². The van der Waals surface area contributed by atoms with Crippen LogP contribution in [-0.4, -0.2) is 36.7 Å². The third-order valence-electron chi connectivity index (χ3n) is 2.74. The molecule has 6 heteroatoms. The Morgan fingerprint density at radius 1 is 1.65 bits per heavy atom. The number of nitrogens with zero attached hydrogens (tertiary/aromatic N) is 1. The van der Waals surface area contributed by atoms with E-state index in [0.717, 1.165) is 13.0 Å². The lowest BCUT2D eigenvalue weighted by atomic mass is 10.0. The van der Waals surface area contributed by atoms with Crippen LogP contribution in [0.25, 0.3) is 0 Å². The summed E-state index contributed by atoms with van der Waals surface area (Å²) in [6.45, 7) is 4.11. The molecular weight excluding hydrogens is 238 g/mol. The highest BCUT2D eigenvalue weighted by Gasteiger charge is 2.33. The van der Waals surface area contributed by atoms with Gasteiger partial charge in [-0.1, -0.05) is 6.92 Å². The van der Waals surface area contributed by atoms with E-state index in [1.807, 2.05) is 5.38 Å². The first-order valence-corrected chi connectivity index (χ1v) is 6.70. The molecule has 94 valence electrons. The first kappa shape index (κ1) is 12.5. The fourth-order valence-corrected chi connectivity index (χ4v) is 2.36. The van der Waals surface area contributed by atoms with Gasteiger partial charge in [-0.2, -0.15) is 0 Å². The molecule has 0 spiro atoms. The van der Waals surface area contributed by atoms with E-state index in [0.29, 0.717) is 18.3 Å². The molecule has 1 aromatic rings. The predicted molar refractivity (Wildman–Crippen MR) is 67.1 cm³/mol. The lowest BCUT2D eigenvalue weighted by Gasteiger charge is -2.17. The monoisotopic (exact) mass is 255 g/mol. The Labute approximate surface area is 105 Å². The minimum absolute atomic E-state index is 0.00828. The van der Waals surface area contributed by atoms with Crippen molar-refractivity contribution in [1.82, 2.24) is 10.3 Å². The van der Waals surface area contributed by atoms with Gasteiger partial charge in [-0.15, -0.1) is 11.3 Å². The van der Waals surface area contributed by atoms with E-state index in [9.17, 15) is 4.79 Å². The van der Waals surface area contributed by atoms with Gasteiger partial charge in [0.1, 0.15) is 0 Å². The van der Waals surface area contributed by atoms with Crippen LogP contribution < -0.4 is 10.6 Å². The van der Waals surface area contributed by atoms with Crippen molar-refractivity contribution in [2.45, 2.75) is 19.4 Å². The normalized spacial score (nSPS) is 23.8. The Morgan fingerprint density at radius 3 is 3.24 bits per heavy atom. The maximum Gasteiger partial charge on any atom is 0.233 e. The zero-order valence-corrected chi connectivity index (χ0v) is 10.6. The second-order valence-corrected chi connectivity index (χ2v) is 4.93. The third-order valence-corrected chi connectivity index (χ3v) is 3.42. The van der Waals surface area contributed by atoms with Crippen molar-refractivity contribution in [1.29, 1.82) is 0 Å². The molecule has 2 atom stereocenters. The average Bonchev–Trinajstić information content (AvgIpc) is 2.96. The van der Waals surface area contributed by atoms with Crippen molar-refractivity contribution in [3.63, 3.8) is 0 Å². The number of thiazole rings is 1. The largest absolute Gasteiger partial charge is 0.379 e. The van der Waals surface area contributed by atoms with Crippen LogP contribution in [0.1, 0.15) is 13.3 Å². The average molecular weight is 255 g/mol. The number of rotatable bonds is 5. The summed E-state index contributed by atoms with van der Waals surface area (Å²) in [7, 11) is 0. The smallest absolute Gasteiger partial charge is 0.233 e. The summed E-state index contributed by atoms with van der Waals surface area (Å²) in [5.74, 6) is -0.128. The molecule has 2 heterocycles. The zero-order chi connectivity index (χ0) is 12.1. The van der Waals surface area contributed by atoms with Crippen molar-refractivity contribution < 1.29 is 9.53 Å². The van der Waals surface area contributed by atoms with E-state index in [1.165, 1.54) is 11.3 Å². The number of hydrogen-bond acceptors (Lipinski definition) is 5. The van der Waals surface area contributed by atoms with Crippen LogP contribution in [0, 0.1) is 5.92 Å². The summed E-state index contributed by atoms with van der Waals surface area (Å²) >= 11 is 1.42. The van der Waals surface area contributed by atoms with Gasteiger partial charge in [0.25, 0.3) is 0 Å². The molecule has 0 aliphatic carbocycles. The van der Waals surface area contributed by atoms with E-state index < -0.39 is 0 Å². The SMILES string of the molecule is CCCNC1COCC1C(=O)Nc1nccs1. The van der Waals surface area contributed by atoms with Gasteiger partial charge in [0.2, 0.25) is 5.91 Å². The molecule has 1 amide bonds. The van der Waals surface area contributed by atoms with Gasteiger partial charge < -0.3 is 15.4 Å². The topological polar surface area (TPSA) is 63.2 Å². The van der Waals surface area contributed by atoms with E-state index in [-0.39, 0.29) is 17.9 Å². The summed E-state index contributed by atoms with van der Waals surface area (Å²) in [5.41, 5.74) is 0. The van der Waals surface area contributed by atoms with E-state index in [1.54, 1.807) is 6.20 Å². The standard InChI is InChI=1S/C11H17N3O2S/c1-2-3-12-9-7-16-6-8(9)10(15)14-11-13-4-5-17-11/h4-5,8-9,12H,2-3,6-7H2,1H3,(H,13,14,15). The lowest BCUT2D eigenvalue weighted by molar-refractivity contribution is -0.120. The molecule has 17 heavy (non-hydrogen) atoms. The van der Waals surface area contributed by atoms with Crippen molar-refractivity contribution in [2.75, 3.05) is 25.1 Å². The fraction of sp³-hybridized carbons (Fsp3) is 0.636. The molecule has 0 saturated carbocycles. The van der Waals surface area contributed by atoms with Gasteiger partial charge in [0.05, 0.1) is 19.1 Å². The summed E-state index contributed by atoms with van der Waals surface area (Å²) in [5, 5.41) is 8.65. The highest BCUT2D eigenvalue weighted by Crippen LogP contribution is 2.18. The first-order chi connectivity index (χ1) is 8.31. The number of amides is 1. The third kappa shape index (κ3) is 3.24. The predicted octanol–water partition coefficient (Wildman–Crippen LogP) is 1.10. The minimum Gasteiger partial charge on any atom is -0.379 e. The molecule has 1 aliphatic rings. The van der Waals surface area contributed by atoms with E-state index >= 15 is 0 Å². The molecule has 0 bridgehead atoms. The van der Waals surface area contributed by atoms with Gasteiger partial charge in [-0.05, 0) is 13.0 Å². The van der Waals surface area contributed by atoms with Crippen molar-refractivity contribution in [3.8, 4) is 0 Å². The quantitative estimate of drug-likeness (QED) is 0.827. The highest BCUT2D eigenvalue weighted by molar-refractivity contribution is 7.13. The van der Waals surface area contributed by atoms with E-state index in [2.05, 4.69) is 22.5 Å². The molecule has 0 radical (unpaired) electrons. The summed E-state index contributed by atoms with van der Waals surface area (Å²) in [6, 6.07) is 0.120. The number of aromatic nitrogens is 1. The minimum atomic E-state index is -0.120. The van der Waals surface area contributed by atoms with Crippen LogP contribution >= 0.6 is 11.3 Å². The molecule has 1 aromatic heterocycles. The van der Waals surface area contributed by atoms with Crippen LogP contribution in [0.15, 0.2) is 11.6 Å². The Hall–Kier alpha value is -0.980. The number of ether oxygens (including phenoxy) is 1. The highest BCUT2D eigenvalue weighted by atomic mass is 32.1. The lowest BCUT2D eigenvalue weighted by Crippen LogP contribution is -2.41. The second-order valence-electron chi connectivity index (χ2n) is 4.03. The molecule has 0 aromatic carbocycles. The fourth-order valence-electron chi connectivity index (χ4n) is 1.83. The van der Waals surface area contributed by atoms with Gasteiger partial charge in [0.15, 0.2) is 5.13 Å². The van der Waals surface area contributed by atoms with Gasteiger partial charge in [-0.3, -0.25) is 4.79 Å². The maximum atomic E-state index is 12.0. The molecular formula is C11H17N3O2S. The molecule has 2 rings (SSSR count). The van der Waals surface area contributed by atoms with E-state index in [4.69, 9.17) is 4.74 Å². The molecule has 5 nitrogen and oxygen atoms in total. The van der Waals surface area contributed by atoms with Crippen LogP contribution in [0.2, 0.25) is 0 Å². The van der Waals surface area contributed by atoms with Crippen LogP contribution in [0.5, 0.6) is 0 Å². The van der Waals surface area contributed by atoms with Crippen molar-refractivity contribution in [3.05, 3.63) is 11.6 Å². The Balaban J connectivity index is 1.89. The summed E-state index contributed by atoms with van der Waals surface area (Å²) in [4.78, 5) is 16.1. The Morgan fingerprint density at radius 2 is 2.53 bits per heavy atom. The molecule has 2 N–H and O–H groups in total. The summed E-state index contributed by atoms with van der Waals surface area (Å²) in [6.07, 6.45) is 2.73. The van der Waals surface area contributed by atoms with Gasteiger partial charge >= 0.3 is 0 Å². The van der Waals surface area contributed by atoms with Crippen LogP contribution in [-0.2, 0) is 9.53 Å². The van der Waals surface area contributed by atoms with Gasteiger partial charge in [0, 0.05) is 17.6 Å². The second kappa shape index (κ2) is 6.09. The molecule has 2 unspecified atom stereocenters. The number of carbonyl (C=O) groups is 1. The van der Waals surface area contributed by atoms with Crippen LogP contribution in [0.4, 0.5) is 5.13 Å². The molecule has 1 saturated heterocycles. The number of anilines is 1. The number of nitrogens with one attached hydrogen (secondary N) is 2. The first-order valence-electron chi connectivity index (χ1n) is 5.82. The Kier molecular flexibility index (Phi) is 4.47. The maximum absolute atomic E-state index is 12.0. The van der Waals surface area contributed by atoms with Crippen molar-refractivity contribution in [2.24, 2.45) is 5.92 Å². The number of hydrogen-bond donors (Lipinski definition) is 2. The Bertz CT molecular complexity index is 356. The molecule has 1 fully saturated rings. The molecule has 1 aliphatic heterocycles. The number of carbonyl (C=O) groups excluding carboxylic acids is 1. The summed E-state index contributed by atoms with van der Waals surface area (Å²) < 4.78 is 5.37. The van der Waals surface area contributed by atoms with Gasteiger partial charge in [-0.25, -0.2) is 4.98 Å².